The molecule has 0 saturated carbocycles. The highest BCUT2D eigenvalue weighted by molar-refractivity contribution is 6.31. The molecule has 0 aliphatic carbocycles. The van der Waals surface area contributed by atoms with Gasteiger partial charge in [0.25, 0.3) is 5.91 Å². The van der Waals surface area contributed by atoms with Gasteiger partial charge in [-0.2, -0.15) is 10.2 Å². The van der Waals surface area contributed by atoms with Crippen LogP contribution < -0.4 is 5.43 Å². The monoisotopic (exact) mass is 403 g/mol. The molecule has 0 aliphatic heterocycles. The zero-order valence-electron chi connectivity index (χ0n) is 15.4. The van der Waals surface area contributed by atoms with Gasteiger partial charge in [-0.05, 0) is 23.8 Å². The minimum absolute atomic E-state index is 0.309. The minimum Gasteiger partial charge on any atom is -0.357 e. The van der Waals surface area contributed by atoms with Crippen LogP contribution in [0.4, 0.5) is 0 Å². The quantitative estimate of drug-likeness (QED) is 0.371. The van der Waals surface area contributed by atoms with Crippen LogP contribution in [-0.4, -0.2) is 26.9 Å². The average molecular weight is 404 g/mol. The molecule has 4 aromatic rings. The number of H-pyrrole nitrogens is 1. The van der Waals surface area contributed by atoms with E-state index in [0.29, 0.717) is 17.3 Å². The SMILES string of the molecule is O=C(N/N=C\c1cn(Cc2ccccc2Cl)nc1-c1ccccc1)c1ccc[nH]1. The first-order chi connectivity index (χ1) is 14.2. The third kappa shape index (κ3) is 4.44. The summed E-state index contributed by atoms with van der Waals surface area (Å²) in [6.45, 7) is 0.530. The summed E-state index contributed by atoms with van der Waals surface area (Å²) in [7, 11) is 0. The number of nitrogens with zero attached hydrogens (tertiary/aromatic N) is 3. The molecule has 0 unspecified atom stereocenters. The normalized spacial score (nSPS) is 11.1. The van der Waals surface area contributed by atoms with Crippen molar-refractivity contribution in [3.8, 4) is 11.3 Å². The Morgan fingerprint density at radius 3 is 2.66 bits per heavy atom. The Morgan fingerprint density at radius 1 is 1.10 bits per heavy atom. The Hall–Kier alpha value is -3.64. The van der Waals surface area contributed by atoms with Crippen molar-refractivity contribution in [1.82, 2.24) is 20.2 Å². The molecule has 0 bridgehead atoms. The molecule has 0 fully saturated rings. The summed E-state index contributed by atoms with van der Waals surface area (Å²) in [5.74, 6) is -0.309. The van der Waals surface area contributed by atoms with E-state index >= 15 is 0 Å². The highest BCUT2D eigenvalue weighted by Gasteiger charge is 2.11. The van der Waals surface area contributed by atoms with Gasteiger partial charge in [0, 0.05) is 28.5 Å². The zero-order chi connectivity index (χ0) is 20.1. The molecule has 0 aliphatic rings. The second-order valence-corrected chi connectivity index (χ2v) is 6.78. The maximum Gasteiger partial charge on any atom is 0.287 e. The molecular formula is C22H18ClN5O. The largest absolute Gasteiger partial charge is 0.357 e. The number of aromatic nitrogens is 3. The van der Waals surface area contributed by atoms with Gasteiger partial charge in [0.05, 0.1) is 12.8 Å². The maximum absolute atomic E-state index is 12.0. The number of hydrogen-bond acceptors (Lipinski definition) is 3. The number of amides is 1. The smallest absolute Gasteiger partial charge is 0.287 e. The number of rotatable bonds is 6. The van der Waals surface area contributed by atoms with Crippen molar-refractivity contribution in [3.63, 3.8) is 0 Å². The van der Waals surface area contributed by atoms with E-state index in [1.165, 1.54) is 0 Å². The number of aromatic amines is 1. The molecule has 144 valence electrons. The maximum atomic E-state index is 12.0. The molecule has 2 N–H and O–H groups in total. The van der Waals surface area contributed by atoms with Crippen molar-refractivity contribution in [2.24, 2.45) is 5.10 Å². The van der Waals surface area contributed by atoms with Crippen molar-refractivity contribution in [2.75, 3.05) is 0 Å². The molecule has 29 heavy (non-hydrogen) atoms. The summed E-state index contributed by atoms with van der Waals surface area (Å²) >= 11 is 6.29. The molecule has 0 spiro atoms. The number of carbonyl (C=O) groups is 1. The van der Waals surface area contributed by atoms with Gasteiger partial charge in [-0.3, -0.25) is 9.48 Å². The highest BCUT2D eigenvalue weighted by Crippen LogP contribution is 2.22. The van der Waals surface area contributed by atoms with Crippen LogP contribution in [0.25, 0.3) is 11.3 Å². The van der Waals surface area contributed by atoms with Gasteiger partial charge in [-0.25, -0.2) is 5.43 Å². The molecule has 0 atom stereocenters. The third-order valence-corrected chi connectivity index (χ3v) is 4.71. The molecular weight excluding hydrogens is 386 g/mol. The van der Waals surface area contributed by atoms with E-state index in [1.807, 2.05) is 65.5 Å². The van der Waals surface area contributed by atoms with E-state index in [1.54, 1.807) is 24.5 Å². The van der Waals surface area contributed by atoms with E-state index in [0.717, 1.165) is 22.4 Å². The van der Waals surface area contributed by atoms with Crippen molar-refractivity contribution in [2.45, 2.75) is 6.54 Å². The molecule has 1 amide bonds. The van der Waals surface area contributed by atoms with Crippen LogP contribution >= 0.6 is 11.6 Å². The summed E-state index contributed by atoms with van der Waals surface area (Å²) < 4.78 is 1.82. The molecule has 0 saturated heterocycles. The second kappa shape index (κ2) is 8.58. The van der Waals surface area contributed by atoms with Crippen molar-refractivity contribution in [1.29, 1.82) is 0 Å². The molecule has 2 aromatic heterocycles. The Labute approximate surface area is 172 Å². The third-order valence-electron chi connectivity index (χ3n) is 4.34. The van der Waals surface area contributed by atoms with E-state index < -0.39 is 0 Å². The topological polar surface area (TPSA) is 75.1 Å². The van der Waals surface area contributed by atoms with E-state index in [-0.39, 0.29) is 5.91 Å². The van der Waals surface area contributed by atoms with Gasteiger partial charge in [0.2, 0.25) is 0 Å². The van der Waals surface area contributed by atoms with E-state index in [9.17, 15) is 4.79 Å². The summed E-state index contributed by atoms with van der Waals surface area (Å²) in [6.07, 6.45) is 5.17. The number of hydrogen-bond donors (Lipinski definition) is 2. The van der Waals surface area contributed by atoms with Crippen molar-refractivity contribution >= 4 is 23.7 Å². The Kier molecular flexibility index (Phi) is 5.54. The summed E-state index contributed by atoms with van der Waals surface area (Å²) in [6, 6.07) is 20.9. The van der Waals surface area contributed by atoms with Gasteiger partial charge in [0.1, 0.15) is 11.4 Å². The number of nitrogens with one attached hydrogen (secondary N) is 2. The lowest BCUT2D eigenvalue weighted by atomic mass is 10.1. The van der Waals surface area contributed by atoms with Crippen LogP contribution in [0.1, 0.15) is 21.6 Å². The highest BCUT2D eigenvalue weighted by atomic mass is 35.5. The molecule has 4 rings (SSSR count). The van der Waals surface area contributed by atoms with E-state index in [2.05, 4.69) is 15.5 Å². The fraction of sp³-hybridized carbons (Fsp3) is 0.0455. The molecule has 7 heteroatoms. The number of halogens is 1. The van der Waals surface area contributed by atoms with Crippen LogP contribution in [0.5, 0.6) is 0 Å². The Balaban J connectivity index is 1.61. The standard InChI is InChI=1S/C22H18ClN5O/c23-19-10-5-4-9-17(19)14-28-15-18(21(27-28)16-7-2-1-3-8-16)13-25-26-22(29)20-11-6-12-24-20/h1-13,15,24H,14H2,(H,26,29)/b25-13-. The zero-order valence-corrected chi connectivity index (χ0v) is 16.2. The lowest BCUT2D eigenvalue weighted by Crippen LogP contribution is -2.17. The van der Waals surface area contributed by atoms with Gasteiger partial charge < -0.3 is 4.98 Å². The minimum atomic E-state index is -0.309. The number of hydrazone groups is 1. The van der Waals surface area contributed by atoms with Crippen LogP contribution in [0.2, 0.25) is 5.02 Å². The lowest BCUT2D eigenvalue weighted by Gasteiger charge is -2.04. The first kappa shape index (κ1) is 18.7. The average Bonchev–Trinajstić information content (AvgIpc) is 3.41. The van der Waals surface area contributed by atoms with Crippen LogP contribution in [-0.2, 0) is 6.54 Å². The summed E-state index contributed by atoms with van der Waals surface area (Å²) in [5.41, 5.74) is 6.46. The Morgan fingerprint density at radius 2 is 1.90 bits per heavy atom. The lowest BCUT2D eigenvalue weighted by molar-refractivity contribution is 0.0951. The first-order valence-corrected chi connectivity index (χ1v) is 9.41. The fourth-order valence-corrected chi connectivity index (χ4v) is 3.12. The molecule has 2 aromatic carbocycles. The van der Waals surface area contributed by atoms with Gasteiger partial charge >= 0.3 is 0 Å². The van der Waals surface area contributed by atoms with Crippen molar-refractivity contribution in [3.05, 3.63) is 101 Å². The second-order valence-electron chi connectivity index (χ2n) is 6.37. The van der Waals surface area contributed by atoms with Gasteiger partial charge in [-0.1, -0.05) is 60.1 Å². The van der Waals surface area contributed by atoms with Crippen LogP contribution in [0.3, 0.4) is 0 Å². The molecule has 0 radical (unpaired) electrons. The Bertz CT molecular complexity index is 1130. The fourth-order valence-electron chi connectivity index (χ4n) is 2.93. The van der Waals surface area contributed by atoms with E-state index in [4.69, 9.17) is 16.7 Å². The predicted molar refractivity (Wildman–Crippen MR) is 114 cm³/mol. The van der Waals surface area contributed by atoms with Crippen molar-refractivity contribution < 1.29 is 4.79 Å². The molecule has 6 nitrogen and oxygen atoms in total. The first-order valence-electron chi connectivity index (χ1n) is 9.04. The number of carbonyl (C=O) groups excluding carboxylic acids is 1. The van der Waals surface area contributed by atoms with Gasteiger partial charge in [-0.15, -0.1) is 0 Å². The molecule has 2 heterocycles. The van der Waals surface area contributed by atoms with Gasteiger partial charge in [0.15, 0.2) is 0 Å². The predicted octanol–water partition coefficient (Wildman–Crippen LogP) is 4.34. The number of benzene rings is 2. The summed E-state index contributed by atoms with van der Waals surface area (Å²) in [5, 5.41) is 9.50. The summed E-state index contributed by atoms with van der Waals surface area (Å²) in [4.78, 5) is 14.9. The van der Waals surface area contributed by atoms with Crippen LogP contribution in [0, 0.1) is 0 Å². The van der Waals surface area contributed by atoms with Crippen LogP contribution in [0.15, 0.2) is 84.2 Å².